The van der Waals surface area contributed by atoms with Crippen LogP contribution in [0.15, 0.2) is 36.5 Å². The molecule has 0 unspecified atom stereocenters. The topological polar surface area (TPSA) is 39.1 Å². The van der Waals surface area contributed by atoms with E-state index in [0.29, 0.717) is 12.5 Å². The van der Waals surface area contributed by atoms with Crippen LogP contribution in [0.1, 0.15) is 19.5 Å². The van der Waals surface area contributed by atoms with Gasteiger partial charge in [-0.05, 0) is 42.8 Å². The van der Waals surface area contributed by atoms with Crippen LogP contribution in [0.5, 0.6) is 5.75 Å². The Bertz CT molecular complexity index is 552. The number of halogens is 2. The lowest BCUT2D eigenvalue weighted by molar-refractivity contribution is -0.0498. The molecule has 114 valence electrons. The molecule has 0 amide bonds. The van der Waals surface area contributed by atoms with E-state index in [0.717, 1.165) is 17.9 Å². The number of nitrogens with zero attached hydrogens (tertiary/aromatic N) is 2. The molecule has 0 aliphatic carbocycles. The lowest BCUT2D eigenvalue weighted by Gasteiger charge is -2.06. The molecule has 0 spiro atoms. The van der Waals surface area contributed by atoms with Crippen molar-refractivity contribution >= 4 is 0 Å². The van der Waals surface area contributed by atoms with Crippen LogP contribution in [0, 0.1) is 5.92 Å². The maximum absolute atomic E-state index is 12.1. The molecule has 1 heterocycles. The molecule has 21 heavy (non-hydrogen) atoms. The van der Waals surface area contributed by atoms with E-state index < -0.39 is 6.61 Å². The fraction of sp³-hybridized carbons (Fsp3) is 0.400. The highest BCUT2D eigenvalue weighted by Crippen LogP contribution is 2.17. The van der Waals surface area contributed by atoms with Crippen molar-refractivity contribution in [2.75, 3.05) is 6.54 Å². The summed E-state index contributed by atoms with van der Waals surface area (Å²) in [6.07, 6.45) is 1.84. The van der Waals surface area contributed by atoms with Crippen molar-refractivity contribution in [2.24, 2.45) is 5.92 Å². The lowest BCUT2D eigenvalue weighted by Crippen LogP contribution is -2.19. The van der Waals surface area contributed by atoms with E-state index in [-0.39, 0.29) is 5.75 Å². The van der Waals surface area contributed by atoms with E-state index in [2.05, 4.69) is 29.0 Å². The van der Waals surface area contributed by atoms with Gasteiger partial charge in [0.1, 0.15) is 5.75 Å². The smallest absolute Gasteiger partial charge is 0.387 e. The van der Waals surface area contributed by atoms with Crippen molar-refractivity contribution in [3.63, 3.8) is 0 Å². The van der Waals surface area contributed by atoms with Crippen molar-refractivity contribution in [3.8, 4) is 11.4 Å². The molecule has 0 saturated carbocycles. The molecular weight excluding hydrogens is 276 g/mol. The van der Waals surface area contributed by atoms with Crippen LogP contribution in [-0.2, 0) is 6.54 Å². The van der Waals surface area contributed by atoms with Crippen molar-refractivity contribution in [1.82, 2.24) is 15.1 Å². The Kier molecular flexibility index (Phi) is 5.27. The Morgan fingerprint density at radius 3 is 2.52 bits per heavy atom. The summed E-state index contributed by atoms with van der Waals surface area (Å²) < 4.78 is 30.2. The van der Waals surface area contributed by atoms with Crippen LogP contribution >= 0.6 is 0 Å². The Morgan fingerprint density at radius 2 is 1.90 bits per heavy atom. The fourth-order valence-electron chi connectivity index (χ4n) is 1.87. The van der Waals surface area contributed by atoms with Crippen LogP contribution in [0.4, 0.5) is 8.78 Å². The summed E-state index contributed by atoms with van der Waals surface area (Å²) in [6.45, 7) is 3.13. The normalized spacial score (nSPS) is 11.3. The fourth-order valence-corrected chi connectivity index (χ4v) is 1.87. The van der Waals surface area contributed by atoms with Gasteiger partial charge in [-0.15, -0.1) is 0 Å². The third kappa shape index (κ3) is 4.82. The molecule has 1 aromatic carbocycles. The van der Waals surface area contributed by atoms with E-state index >= 15 is 0 Å². The Balaban J connectivity index is 1.97. The summed E-state index contributed by atoms with van der Waals surface area (Å²) in [5.41, 5.74) is 1.73. The zero-order valence-electron chi connectivity index (χ0n) is 12.1. The first-order valence-electron chi connectivity index (χ1n) is 6.85. The molecule has 0 fully saturated rings. The number of aromatic nitrogens is 2. The minimum Gasteiger partial charge on any atom is -0.435 e. The number of alkyl halides is 2. The molecule has 0 aliphatic heterocycles. The number of ether oxygens (including phenoxy) is 1. The van der Waals surface area contributed by atoms with E-state index in [1.165, 1.54) is 12.1 Å². The van der Waals surface area contributed by atoms with Gasteiger partial charge >= 0.3 is 6.61 Å². The molecule has 1 N–H and O–H groups in total. The monoisotopic (exact) mass is 295 g/mol. The van der Waals surface area contributed by atoms with Gasteiger partial charge in [-0.25, -0.2) is 4.68 Å². The van der Waals surface area contributed by atoms with Gasteiger partial charge in [-0.1, -0.05) is 13.8 Å². The predicted molar refractivity (Wildman–Crippen MR) is 76.7 cm³/mol. The first-order chi connectivity index (χ1) is 10.0. The molecule has 2 aromatic rings. The molecule has 6 heteroatoms. The minimum absolute atomic E-state index is 0.139. The van der Waals surface area contributed by atoms with Gasteiger partial charge in [0.15, 0.2) is 0 Å². The third-order valence-corrected chi connectivity index (χ3v) is 2.83. The second-order valence-corrected chi connectivity index (χ2v) is 5.15. The average Bonchev–Trinajstić information content (AvgIpc) is 2.87. The molecular formula is C15H19F2N3O. The van der Waals surface area contributed by atoms with Crippen LogP contribution in [-0.4, -0.2) is 22.9 Å². The molecule has 4 nitrogen and oxygen atoms in total. The average molecular weight is 295 g/mol. The van der Waals surface area contributed by atoms with Crippen LogP contribution in [0.2, 0.25) is 0 Å². The highest BCUT2D eigenvalue weighted by atomic mass is 19.3. The molecule has 0 aliphatic rings. The van der Waals surface area contributed by atoms with E-state index in [4.69, 9.17) is 0 Å². The third-order valence-electron chi connectivity index (χ3n) is 2.83. The highest BCUT2D eigenvalue weighted by Gasteiger charge is 2.05. The number of hydrogen-bond acceptors (Lipinski definition) is 3. The Labute approximate surface area is 122 Å². The van der Waals surface area contributed by atoms with Gasteiger partial charge in [0, 0.05) is 12.7 Å². The first kappa shape index (κ1) is 15.4. The zero-order valence-corrected chi connectivity index (χ0v) is 12.1. The number of nitrogens with one attached hydrogen (secondary N) is 1. The van der Waals surface area contributed by atoms with Gasteiger partial charge in [-0.2, -0.15) is 13.9 Å². The molecule has 0 radical (unpaired) electrons. The van der Waals surface area contributed by atoms with Gasteiger partial charge in [0.2, 0.25) is 0 Å². The largest absolute Gasteiger partial charge is 0.435 e. The predicted octanol–water partition coefficient (Wildman–Crippen LogP) is 3.22. The molecule has 0 bridgehead atoms. The van der Waals surface area contributed by atoms with Gasteiger partial charge in [0.25, 0.3) is 0 Å². The molecule has 0 atom stereocenters. The molecule has 1 aromatic heterocycles. The second-order valence-electron chi connectivity index (χ2n) is 5.15. The number of hydrogen-bond donors (Lipinski definition) is 1. The zero-order chi connectivity index (χ0) is 15.2. The summed E-state index contributed by atoms with van der Waals surface area (Å²) in [5, 5.41) is 7.75. The van der Waals surface area contributed by atoms with E-state index in [1.807, 2.05) is 12.3 Å². The molecule has 2 rings (SSSR count). The summed E-state index contributed by atoms with van der Waals surface area (Å²) in [4.78, 5) is 0. The standard InChI is InChI=1S/C15H19F2N3O/c1-11(2)9-18-10-12-7-8-20(19-12)13-3-5-14(6-4-13)21-15(16)17/h3-8,11,15,18H,9-10H2,1-2H3. The van der Waals surface area contributed by atoms with Crippen molar-refractivity contribution in [3.05, 3.63) is 42.2 Å². The quantitative estimate of drug-likeness (QED) is 0.852. The van der Waals surface area contributed by atoms with Crippen molar-refractivity contribution < 1.29 is 13.5 Å². The Morgan fingerprint density at radius 1 is 1.19 bits per heavy atom. The summed E-state index contributed by atoms with van der Waals surface area (Å²) in [6, 6.07) is 8.31. The summed E-state index contributed by atoms with van der Waals surface area (Å²) in [7, 11) is 0. The van der Waals surface area contributed by atoms with Gasteiger partial charge < -0.3 is 10.1 Å². The van der Waals surface area contributed by atoms with E-state index in [1.54, 1.807) is 16.8 Å². The van der Waals surface area contributed by atoms with Gasteiger partial charge in [0.05, 0.1) is 11.4 Å². The van der Waals surface area contributed by atoms with Crippen molar-refractivity contribution in [2.45, 2.75) is 27.0 Å². The van der Waals surface area contributed by atoms with Gasteiger partial charge in [-0.3, -0.25) is 0 Å². The lowest BCUT2D eigenvalue weighted by atomic mass is 10.2. The summed E-state index contributed by atoms with van der Waals surface area (Å²) in [5.74, 6) is 0.731. The van der Waals surface area contributed by atoms with Crippen molar-refractivity contribution in [1.29, 1.82) is 0 Å². The number of benzene rings is 1. The first-order valence-corrected chi connectivity index (χ1v) is 6.85. The Hall–Kier alpha value is -1.95. The highest BCUT2D eigenvalue weighted by molar-refractivity contribution is 5.36. The SMILES string of the molecule is CC(C)CNCc1ccn(-c2ccc(OC(F)F)cc2)n1. The maximum Gasteiger partial charge on any atom is 0.387 e. The van der Waals surface area contributed by atoms with Crippen LogP contribution in [0.25, 0.3) is 5.69 Å². The second kappa shape index (κ2) is 7.17. The number of rotatable bonds is 7. The van der Waals surface area contributed by atoms with Crippen LogP contribution in [0.3, 0.4) is 0 Å². The maximum atomic E-state index is 12.1. The summed E-state index contributed by atoms with van der Waals surface area (Å²) >= 11 is 0. The van der Waals surface area contributed by atoms with E-state index in [9.17, 15) is 8.78 Å². The molecule has 0 saturated heterocycles. The van der Waals surface area contributed by atoms with Crippen LogP contribution < -0.4 is 10.1 Å². The minimum atomic E-state index is -2.81.